The Morgan fingerprint density at radius 2 is 1.81 bits per heavy atom. The van der Waals surface area contributed by atoms with Gasteiger partial charge in [0.2, 0.25) is 0 Å². The normalized spacial score (nSPS) is 10.8. The highest BCUT2D eigenvalue weighted by molar-refractivity contribution is 9.10. The molecule has 0 aliphatic carbocycles. The Hall–Kier alpha value is -1.78. The van der Waals surface area contributed by atoms with Crippen molar-refractivity contribution in [3.63, 3.8) is 0 Å². The zero-order valence-electron chi connectivity index (χ0n) is 11.3. The van der Waals surface area contributed by atoms with Crippen LogP contribution in [0.4, 0.5) is 5.82 Å². The van der Waals surface area contributed by atoms with Crippen LogP contribution in [-0.2, 0) is 7.05 Å². The predicted octanol–water partition coefficient (Wildman–Crippen LogP) is 4.75. The summed E-state index contributed by atoms with van der Waals surface area (Å²) in [6.07, 6.45) is 0. The van der Waals surface area contributed by atoms with Gasteiger partial charge in [0.1, 0.15) is 11.5 Å². The molecule has 3 rings (SSSR count). The van der Waals surface area contributed by atoms with E-state index >= 15 is 0 Å². The van der Waals surface area contributed by atoms with Gasteiger partial charge in [-0.2, -0.15) is 5.10 Å². The summed E-state index contributed by atoms with van der Waals surface area (Å²) in [5.41, 5.74) is 9.94. The van der Waals surface area contributed by atoms with Crippen molar-refractivity contribution in [1.29, 1.82) is 0 Å². The van der Waals surface area contributed by atoms with Crippen LogP contribution in [-0.4, -0.2) is 9.78 Å². The molecule has 0 unspecified atom stereocenters. The van der Waals surface area contributed by atoms with E-state index in [9.17, 15) is 0 Å². The third kappa shape index (κ3) is 2.69. The average molecular weight is 363 g/mol. The van der Waals surface area contributed by atoms with Gasteiger partial charge in [-0.15, -0.1) is 0 Å². The first-order valence-corrected chi connectivity index (χ1v) is 7.57. The number of aryl methyl sites for hydroxylation is 1. The minimum atomic E-state index is 0.621. The van der Waals surface area contributed by atoms with Crippen molar-refractivity contribution in [3.05, 3.63) is 58.0 Å². The molecule has 2 N–H and O–H groups in total. The largest absolute Gasteiger partial charge is 0.383 e. The Kier molecular flexibility index (Phi) is 3.74. The lowest BCUT2D eigenvalue weighted by atomic mass is 10.0. The first-order chi connectivity index (χ1) is 10.1. The lowest BCUT2D eigenvalue weighted by Gasteiger charge is -2.05. The van der Waals surface area contributed by atoms with E-state index in [0.29, 0.717) is 10.8 Å². The van der Waals surface area contributed by atoms with Gasteiger partial charge in [0.05, 0.1) is 5.56 Å². The standard InChI is InChI=1S/C16H13BrClN3/c1-21-16(19)14(11-3-2-4-13(18)9-11)15(20-21)10-5-7-12(17)8-6-10/h2-9H,19H2,1H3. The molecule has 0 radical (unpaired) electrons. The molecule has 106 valence electrons. The van der Waals surface area contributed by atoms with Crippen molar-refractivity contribution in [1.82, 2.24) is 9.78 Å². The van der Waals surface area contributed by atoms with Crippen LogP contribution in [0.2, 0.25) is 5.02 Å². The molecule has 0 bridgehead atoms. The molecule has 21 heavy (non-hydrogen) atoms. The third-order valence-electron chi connectivity index (χ3n) is 3.32. The summed E-state index contributed by atoms with van der Waals surface area (Å²) in [5, 5.41) is 5.23. The maximum absolute atomic E-state index is 6.20. The van der Waals surface area contributed by atoms with Crippen molar-refractivity contribution in [3.8, 4) is 22.4 Å². The molecule has 0 amide bonds. The van der Waals surface area contributed by atoms with E-state index in [2.05, 4.69) is 21.0 Å². The summed E-state index contributed by atoms with van der Waals surface area (Å²) in [7, 11) is 1.84. The lowest BCUT2D eigenvalue weighted by Crippen LogP contribution is -1.97. The van der Waals surface area contributed by atoms with E-state index in [1.165, 1.54) is 0 Å². The summed E-state index contributed by atoms with van der Waals surface area (Å²) < 4.78 is 2.72. The number of halogens is 2. The van der Waals surface area contributed by atoms with E-state index in [4.69, 9.17) is 17.3 Å². The molecule has 1 aromatic heterocycles. The van der Waals surface area contributed by atoms with Crippen molar-refractivity contribution in [2.45, 2.75) is 0 Å². The van der Waals surface area contributed by atoms with Gasteiger partial charge in [0.15, 0.2) is 0 Å². The van der Waals surface area contributed by atoms with Crippen LogP contribution in [0.25, 0.3) is 22.4 Å². The SMILES string of the molecule is Cn1nc(-c2ccc(Br)cc2)c(-c2cccc(Cl)c2)c1N. The number of nitrogen functional groups attached to an aromatic ring is 1. The Balaban J connectivity index is 2.23. The van der Waals surface area contributed by atoms with Gasteiger partial charge in [-0.05, 0) is 29.8 Å². The Bertz CT molecular complexity index is 794. The number of nitrogens with two attached hydrogens (primary N) is 1. The second kappa shape index (κ2) is 5.54. The topological polar surface area (TPSA) is 43.8 Å². The average Bonchev–Trinajstić information content (AvgIpc) is 2.76. The second-order valence-corrected chi connectivity index (χ2v) is 6.10. The molecule has 0 spiro atoms. The molecule has 0 fully saturated rings. The fourth-order valence-electron chi connectivity index (χ4n) is 2.28. The van der Waals surface area contributed by atoms with Gasteiger partial charge in [0.25, 0.3) is 0 Å². The second-order valence-electron chi connectivity index (χ2n) is 4.75. The summed E-state index contributed by atoms with van der Waals surface area (Å²) in [6, 6.07) is 15.6. The Labute approximate surface area is 136 Å². The summed E-state index contributed by atoms with van der Waals surface area (Å²) in [6.45, 7) is 0. The monoisotopic (exact) mass is 361 g/mol. The maximum atomic E-state index is 6.20. The number of hydrogen-bond acceptors (Lipinski definition) is 2. The number of rotatable bonds is 2. The number of benzene rings is 2. The van der Waals surface area contributed by atoms with E-state index in [0.717, 1.165) is 26.9 Å². The Morgan fingerprint density at radius 3 is 2.48 bits per heavy atom. The van der Waals surface area contributed by atoms with Crippen LogP contribution in [0.5, 0.6) is 0 Å². The van der Waals surface area contributed by atoms with Crippen LogP contribution >= 0.6 is 27.5 Å². The van der Waals surface area contributed by atoms with Crippen molar-refractivity contribution >= 4 is 33.3 Å². The molecule has 2 aromatic carbocycles. The van der Waals surface area contributed by atoms with E-state index in [-0.39, 0.29) is 0 Å². The number of nitrogens with zero attached hydrogens (tertiary/aromatic N) is 2. The minimum Gasteiger partial charge on any atom is -0.383 e. The summed E-state index contributed by atoms with van der Waals surface area (Å²) in [4.78, 5) is 0. The van der Waals surface area contributed by atoms with Gasteiger partial charge in [-0.3, -0.25) is 4.68 Å². The van der Waals surface area contributed by atoms with Gasteiger partial charge in [-0.1, -0.05) is 51.8 Å². The van der Waals surface area contributed by atoms with Gasteiger partial charge in [0, 0.05) is 22.1 Å². The lowest BCUT2D eigenvalue weighted by molar-refractivity contribution is 0.782. The number of aromatic nitrogens is 2. The summed E-state index contributed by atoms with van der Waals surface area (Å²) >= 11 is 9.54. The molecule has 3 aromatic rings. The fraction of sp³-hybridized carbons (Fsp3) is 0.0625. The molecule has 0 aliphatic heterocycles. The highest BCUT2D eigenvalue weighted by atomic mass is 79.9. The first-order valence-electron chi connectivity index (χ1n) is 6.40. The van der Waals surface area contributed by atoms with Crippen LogP contribution in [0, 0.1) is 0 Å². The quantitative estimate of drug-likeness (QED) is 0.715. The van der Waals surface area contributed by atoms with Crippen LogP contribution in [0.3, 0.4) is 0 Å². The molecule has 0 aliphatic rings. The van der Waals surface area contributed by atoms with Gasteiger partial charge < -0.3 is 5.73 Å². The van der Waals surface area contributed by atoms with Crippen LogP contribution in [0.1, 0.15) is 0 Å². The highest BCUT2D eigenvalue weighted by Crippen LogP contribution is 2.36. The third-order valence-corrected chi connectivity index (χ3v) is 4.09. The highest BCUT2D eigenvalue weighted by Gasteiger charge is 2.17. The van der Waals surface area contributed by atoms with Gasteiger partial charge >= 0.3 is 0 Å². The Morgan fingerprint density at radius 1 is 1.10 bits per heavy atom. The maximum Gasteiger partial charge on any atom is 0.129 e. The van der Waals surface area contributed by atoms with Crippen LogP contribution < -0.4 is 5.73 Å². The smallest absolute Gasteiger partial charge is 0.129 e. The van der Waals surface area contributed by atoms with E-state index in [1.807, 2.05) is 55.6 Å². The first kappa shape index (κ1) is 14.2. The van der Waals surface area contributed by atoms with E-state index < -0.39 is 0 Å². The summed E-state index contributed by atoms with van der Waals surface area (Å²) in [5.74, 6) is 0.621. The molecular weight excluding hydrogens is 350 g/mol. The van der Waals surface area contributed by atoms with E-state index in [1.54, 1.807) is 4.68 Å². The molecule has 0 atom stereocenters. The van der Waals surface area contributed by atoms with Gasteiger partial charge in [-0.25, -0.2) is 0 Å². The molecule has 3 nitrogen and oxygen atoms in total. The molecular formula is C16H13BrClN3. The predicted molar refractivity (Wildman–Crippen MR) is 91.2 cm³/mol. The number of anilines is 1. The van der Waals surface area contributed by atoms with Crippen molar-refractivity contribution in [2.24, 2.45) is 7.05 Å². The fourth-order valence-corrected chi connectivity index (χ4v) is 2.73. The molecule has 1 heterocycles. The van der Waals surface area contributed by atoms with Crippen molar-refractivity contribution in [2.75, 3.05) is 5.73 Å². The minimum absolute atomic E-state index is 0.621. The zero-order chi connectivity index (χ0) is 15.0. The molecule has 0 saturated carbocycles. The number of hydrogen-bond donors (Lipinski definition) is 1. The molecule has 0 saturated heterocycles. The molecule has 5 heteroatoms. The van der Waals surface area contributed by atoms with Crippen LogP contribution in [0.15, 0.2) is 53.0 Å². The zero-order valence-corrected chi connectivity index (χ0v) is 13.7. The van der Waals surface area contributed by atoms with Crippen molar-refractivity contribution < 1.29 is 0 Å².